The van der Waals surface area contributed by atoms with E-state index in [1.807, 2.05) is 0 Å². The van der Waals surface area contributed by atoms with E-state index in [0.29, 0.717) is 15.7 Å². The minimum Gasteiger partial charge on any atom is -0.390 e. The van der Waals surface area contributed by atoms with Crippen molar-refractivity contribution in [3.63, 3.8) is 0 Å². The van der Waals surface area contributed by atoms with Crippen molar-refractivity contribution in [3.8, 4) is 0 Å². The molecular weight excluding hydrogens is 387 g/mol. The van der Waals surface area contributed by atoms with E-state index in [4.69, 9.17) is 23.2 Å². The number of halogens is 2. The number of hydrogen-bond donors (Lipinski definition) is 2. The van der Waals surface area contributed by atoms with Crippen molar-refractivity contribution in [3.05, 3.63) is 58.1 Å². The molecule has 2 aromatic carbocycles. The summed E-state index contributed by atoms with van der Waals surface area (Å²) in [7, 11) is -3.73. The molecule has 0 bridgehead atoms. The highest BCUT2D eigenvalue weighted by Gasteiger charge is 2.35. The minimum atomic E-state index is -3.73. The van der Waals surface area contributed by atoms with E-state index in [1.165, 1.54) is 42.5 Å². The zero-order valence-corrected chi connectivity index (χ0v) is 15.1. The highest BCUT2D eigenvalue weighted by molar-refractivity contribution is 7.89. The molecule has 2 aromatic rings. The van der Waals surface area contributed by atoms with Gasteiger partial charge < -0.3 is 10.4 Å². The number of aliphatic hydroxyl groups is 1. The molecule has 132 valence electrons. The number of rotatable bonds is 4. The highest BCUT2D eigenvalue weighted by atomic mass is 35.5. The number of nitrogens with one attached hydrogen (secondary N) is 1. The van der Waals surface area contributed by atoms with Crippen LogP contribution in [-0.4, -0.2) is 42.9 Å². The van der Waals surface area contributed by atoms with Crippen LogP contribution in [0.4, 0.5) is 5.69 Å². The normalized spacial score (nSPS) is 15.6. The first-order valence-electron chi connectivity index (χ1n) is 7.31. The largest absolute Gasteiger partial charge is 0.390 e. The van der Waals surface area contributed by atoms with E-state index in [-0.39, 0.29) is 23.5 Å². The number of benzene rings is 2. The molecule has 3 rings (SSSR count). The number of carbonyl (C=O) groups excluding carboxylic acids is 1. The lowest BCUT2D eigenvalue weighted by atomic mass is 10.2. The molecule has 0 atom stereocenters. The Balaban J connectivity index is 1.82. The SMILES string of the molecule is O=C(Nc1cc(Cl)cc(Cl)c1)c1cccc(S(=O)(=O)N2CC(O)C2)c1. The predicted molar refractivity (Wildman–Crippen MR) is 95.6 cm³/mol. The molecule has 0 spiro atoms. The van der Waals surface area contributed by atoms with Crippen molar-refractivity contribution in [2.75, 3.05) is 18.4 Å². The summed E-state index contributed by atoms with van der Waals surface area (Å²) < 4.78 is 26.0. The van der Waals surface area contributed by atoms with Gasteiger partial charge >= 0.3 is 0 Å². The first kappa shape index (κ1) is 18.2. The molecule has 1 amide bonds. The van der Waals surface area contributed by atoms with Crippen LogP contribution >= 0.6 is 23.2 Å². The fourth-order valence-electron chi connectivity index (χ4n) is 2.39. The molecule has 2 N–H and O–H groups in total. The van der Waals surface area contributed by atoms with E-state index in [1.54, 1.807) is 0 Å². The quantitative estimate of drug-likeness (QED) is 0.825. The van der Waals surface area contributed by atoms with Crippen molar-refractivity contribution >= 4 is 44.8 Å². The van der Waals surface area contributed by atoms with Gasteiger partial charge in [-0.15, -0.1) is 0 Å². The van der Waals surface area contributed by atoms with E-state index in [0.717, 1.165) is 4.31 Å². The summed E-state index contributed by atoms with van der Waals surface area (Å²) in [5.74, 6) is -0.487. The van der Waals surface area contributed by atoms with Crippen LogP contribution in [0.2, 0.25) is 10.0 Å². The fourth-order valence-corrected chi connectivity index (χ4v) is 4.48. The smallest absolute Gasteiger partial charge is 0.255 e. The molecule has 1 fully saturated rings. The van der Waals surface area contributed by atoms with Gasteiger partial charge in [-0.05, 0) is 36.4 Å². The Hall–Kier alpha value is -1.64. The van der Waals surface area contributed by atoms with Gasteiger partial charge in [0.25, 0.3) is 5.91 Å². The van der Waals surface area contributed by atoms with Gasteiger partial charge in [-0.3, -0.25) is 4.79 Å². The lowest BCUT2D eigenvalue weighted by Gasteiger charge is -2.34. The maximum absolute atomic E-state index is 12.4. The van der Waals surface area contributed by atoms with Gasteiger partial charge in [0.2, 0.25) is 10.0 Å². The molecule has 6 nitrogen and oxygen atoms in total. The molecule has 0 radical (unpaired) electrons. The number of β-amino-alcohol motifs (C(OH)–C–C–N with tert-alkyl or cyclic N) is 1. The molecule has 0 saturated carbocycles. The van der Waals surface area contributed by atoms with Gasteiger partial charge in [0, 0.05) is 34.4 Å². The van der Waals surface area contributed by atoms with Crippen molar-refractivity contribution in [2.45, 2.75) is 11.0 Å². The highest BCUT2D eigenvalue weighted by Crippen LogP contribution is 2.24. The Bertz CT molecular complexity index is 907. The topological polar surface area (TPSA) is 86.7 Å². The summed E-state index contributed by atoms with van der Waals surface area (Å²) in [5.41, 5.74) is 0.583. The number of sulfonamides is 1. The van der Waals surface area contributed by atoms with Gasteiger partial charge in [0.15, 0.2) is 0 Å². The summed E-state index contributed by atoms with van der Waals surface area (Å²) in [6, 6.07) is 10.3. The van der Waals surface area contributed by atoms with Crippen LogP contribution in [0.15, 0.2) is 47.4 Å². The van der Waals surface area contributed by atoms with Crippen LogP contribution in [0.5, 0.6) is 0 Å². The summed E-state index contributed by atoms with van der Waals surface area (Å²) in [6.45, 7) is 0.111. The Morgan fingerprint density at radius 3 is 2.36 bits per heavy atom. The summed E-state index contributed by atoms with van der Waals surface area (Å²) in [6.07, 6.45) is -0.645. The second-order valence-electron chi connectivity index (χ2n) is 5.62. The number of aliphatic hydroxyl groups excluding tert-OH is 1. The molecular formula is C16H14Cl2N2O4S. The van der Waals surface area contributed by atoms with E-state index in [2.05, 4.69) is 5.32 Å². The Labute approximate surface area is 155 Å². The number of carbonyl (C=O) groups is 1. The first-order chi connectivity index (χ1) is 11.8. The van der Waals surface area contributed by atoms with Gasteiger partial charge in [-0.1, -0.05) is 29.3 Å². The number of nitrogens with zero attached hydrogens (tertiary/aromatic N) is 1. The van der Waals surface area contributed by atoms with Crippen LogP contribution in [0.25, 0.3) is 0 Å². The summed E-state index contributed by atoms with van der Waals surface area (Å²) in [4.78, 5) is 12.4. The van der Waals surface area contributed by atoms with Crippen molar-refractivity contribution in [2.24, 2.45) is 0 Å². The Morgan fingerprint density at radius 2 is 1.76 bits per heavy atom. The first-order valence-corrected chi connectivity index (χ1v) is 9.51. The zero-order chi connectivity index (χ0) is 18.2. The summed E-state index contributed by atoms with van der Waals surface area (Å²) in [5, 5.41) is 12.7. The maximum Gasteiger partial charge on any atom is 0.255 e. The van der Waals surface area contributed by atoms with Gasteiger partial charge in [0.1, 0.15) is 0 Å². The van der Waals surface area contributed by atoms with Gasteiger partial charge in [0.05, 0.1) is 11.0 Å². The van der Waals surface area contributed by atoms with Gasteiger partial charge in [-0.2, -0.15) is 4.31 Å². The monoisotopic (exact) mass is 400 g/mol. The second-order valence-corrected chi connectivity index (χ2v) is 8.43. The van der Waals surface area contributed by atoms with E-state index >= 15 is 0 Å². The maximum atomic E-state index is 12.4. The third-order valence-corrected chi connectivity index (χ3v) is 5.95. The Morgan fingerprint density at radius 1 is 1.12 bits per heavy atom. The van der Waals surface area contributed by atoms with Crippen molar-refractivity contribution in [1.29, 1.82) is 0 Å². The number of anilines is 1. The van der Waals surface area contributed by atoms with Gasteiger partial charge in [-0.25, -0.2) is 8.42 Å². The second kappa shape index (κ2) is 6.93. The van der Waals surface area contributed by atoms with Crippen molar-refractivity contribution in [1.82, 2.24) is 4.31 Å². The average Bonchev–Trinajstić information content (AvgIpc) is 2.51. The van der Waals surface area contributed by atoms with Crippen LogP contribution < -0.4 is 5.32 Å². The fraction of sp³-hybridized carbons (Fsp3) is 0.188. The van der Waals surface area contributed by atoms with Crippen molar-refractivity contribution < 1.29 is 18.3 Å². The third-order valence-electron chi connectivity index (χ3n) is 3.68. The molecule has 25 heavy (non-hydrogen) atoms. The van der Waals surface area contributed by atoms with Crippen LogP contribution in [0.3, 0.4) is 0 Å². The molecule has 0 unspecified atom stereocenters. The molecule has 0 aromatic heterocycles. The van der Waals surface area contributed by atoms with Crippen LogP contribution in [0.1, 0.15) is 10.4 Å². The predicted octanol–water partition coefficient (Wildman–Crippen LogP) is 2.61. The standard InChI is InChI=1S/C16H14Cl2N2O4S/c17-11-5-12(18)7-13(6-11)19-16(22)10-2-1-3-15(4-10)25(23,24)20-8-14(21)9-20/h1-7,14,21H,8-9H2,(H,19,22). The minimum absolute atomic E-state index is 0.00354. The molecule has 1 aliphatic rings. The average molecular weight is 401 g/mol. The Kier molecular flexibility index (Phi) is 5.04. The van der Waals surface area contributed by atoms with E-state index < -0.39 is 22.0 Å². The molecule has 0 aliphatic carbocycles. The third kappa shape index (κ3) is 3.96. The lowest BCUT2D eigenvalue weighted by molar-refractivity contribution is 0.0548. The van der Waals surface area contributed by atoms with Crippen LogP contribution in [-0.2, 0) is 10.0 Å². The molecule has 1 aliphatic heterocycles. The molecule has 1 saturated heterocycles. The lowest BCUT2D eigenvalue weighted by Crippen LogP contribution is -2.53. The summed E-state index contributed by atoms with van der Waals surface area (Å²) >= 11 is 11.8. The van der Waals surface area contributed by atoms with E-state index in [9.17, 15) is 18.3 Å². The van der Waals surface area contributed by atoms with Crippen LogP contribution in [0, 0.1) is 0 Å². The molecule has 1 heterocycles. The number of hydrogen-bond acceptors (Lipinski definition) is 4. The number of amides is 1. The molecule has 9 heteroatoms. The zero-order valence-electron chi connectivity index (χ0n) is 12.8.